The fraction of sp³-hybridized carbons (Fsp3) is 0.375. The monoisotopic (exact) mass is 353 g/mol. The van der Waals surface area contributed by atoms with Crippen LogP contribution in [0.4, 0.5) is 0 Å². The van der Waals surface area contributed by atoms with Crippen LogP contribution in [0.25, 0.3) is 11.0 Å². The van der Waals surface area contributed by atoms with Crippen molar-refractivity contribution in [2.75, 3.05) is 13.1 Å². The molecule has 22 heavy (non-hydrogen) atoms. The van der Waals surface area contributed by atoms with Gasteiger partial charge in [0.1, 0.15) is 9.90 Å². The fourth-order valence-electron chi connectivity index (χ4n) is 2.92. The van der Waals surface area contributed by atoms with E-state index in [1.807, 2.05) is 0 Å². The molecular weight excluding hydrogens is 338 g/mol. The molecule has 1 fully saturated rings. The van der Waals surface area contributed by atoms with Gasteiger partial charge in [-0.25, -0.2) is 0 Å². The topological polar surface area (TPSA) is 33.5 Å². The first-order valence-electron chi connectivity index (χ1n) is 7.22. The van der Waals surface area contributed by atoms with Gasteiger partial charge in [-0.05, 0) is 43.4 Å². The second-order valence-corrected chi connectivity index (χ2v) is 7.20. The first-order chi connectivity index (χ1) is 10.5. The molecule has 0 bridgehead atoms. The maximum Gasteiger partial charge on any atom is 0.195 e. The molecule has 0 spiro atoms. The van der Waals surface area contributed by atoms with E-state index >= 15 is 0 Å². The molecule has 3 rings (SSSR count). The lowest BCUT2D eigenvalue weighted by atomic mass is 9.90. The maximum absolute atomic E-state index is 12.6. The van der Waals surface area contributed by atoms with E-state index in [0.29, 0.717) is 26.2 Å². The molecule has 1 saturated heterocycles. The van der Waals surface area contributed by atoms with Crippen LogP contribution in [0.1, 0.15) is 18.4 Å². The van der Waals surface area contributed by atoms with Crippen molar-refractivity contribution >= 4 is 51.7 Å². The number of thiol groups is 1. The smallest absolute Gasteiger partial charge is 0.195 e. The lowest BCUT2D eigenvalue weighted by Gasteiger charge is -2.32. The zero-order valence-electron chi connectivity index (χ0n) is 11.9. The molecule has 2 aromatic rings. The maximum atomic E-state index is 12.6. The van der Waals surface area contributed by atoms with Crippen LogP contribution < -0.4 is 5.43 Å². The Kier molecular flexibility index (Phi) is 4.76. The number of halogens is 1. The van der Waals surface area contributed by atoms with Crippen LogP contribution >= 0.6 is 36.4 Å². The van der Waals surface area contributed by atoms with Crippen molar-refractivity contribution in [2.24, 2.45) is 5.92 Å². The number of likely N-dealkylation sites (tertiary alicyclic amines) is 1. The van der Waals surface area contributed by atoms with E-state index < -0.39 is 0 Å². The second kappa shape index (κ2) is 6.60. The molecule has 3 nitrogen and oxygen atoms in total. The summed E-state index contributed by atoms with van der Waals surface area (Å²) in [7, 11) is 0. The van der Waals surface area contributed by atoms with Crippen molar-refractivity contribution < 1.29 is 4.42 Å². The number of fused-ring (bicyclic) bond motifs is 1. The third-order valence-electron chi connectivity index (χ3n) is 4.20. The predicted octanol–water partition coefficient (Wildman–Crippen LogP) is 3.92. The third kappa shape index (κ3) is 3.31. The van der Waals surface area contributed by atoms with Crippen molar-refractivity contribution in [3.8, 4) is 0 Å². The number of rotatable bonds is 2. The van der Waals surface area contributed by atoms with Crippen LogP contribution in [0, 0.1) is 5.92 Å². The minimum Gasteiger partial charge on any atom is -0.464 e. The summed E-state index contributed by atoms with van der Waals surface area (Å²) < 4.78 is 6.23. The standard InChI is InChI=1S/C16H16ClNO2S2/c17-12-1-2-14-13(8-12)15(19)11(9-20-14)7-10-3-5-18(6-4-10)16(21)22/h1-2,8-10H,3-7H2,(H,21,22). The van der Waals surface area contributed by atoms with Crippen LogP contribution in [-0.4, -0.2) is 22.3 Å². The summed E-state index contributed by atoms with van der Waals surface area (Å²) in [5.41, 5.74) is 1.32. The number of hydrogen-bond acceptors (Lipinski definition) is 3. The minimum absolute atomic E-state index is 0.0240. The summed E-state index contributed by atoms with van der Waals surface area (Å²) in [6, 6.07) is 5.13. The van der Waals surface area contributed by atoms with Gasteiger partial charge in [-0.15, -0.1) is 12.6 Å². The van der Waals surface area contributed by atoms with Crippen LogP contribution in [-0.2, 0) is 6.42 Å². The molecular formula is C16H16ClNO2S2. The Labute approximate surface area is 144 Å². The Balaban J connectivity index is 1.79. The van der Waals surface area contributed by atoms with Gasteiger partial charge >= 0.3 is 0 Å². The van der Waals surface area contributed by atoms with Crippen molar-refractivity contribution in [1.82, 2.24) is 4.90 Å². The molecule has 1 aliphatic heterocycles. The highest BCUT2D eigenvalue weighted by Crippen LogP contribution is 2.23. The molecule has 116 valence electrons. The highest BCUT2D eigenvalue weighted by atomic mass is 35.5. The first kappa shape index (κ1) is 15.8. The summed E-state index contributed by atoms with van der Waals surface area (Å²) in [5.74, 6) is 0.471. The number of benzene rings is 1. The Morgan fingerprint density at radius 3 is 2.82 bits per heavy atom. The summed E-state index contributed by atoms with van der Waals surface area (Å²) in [6.07, 6.45) is 4.34. The lowest BCUT2D eigenvalue weighted by Crippen LogP contribution is -2.36. The van der Waals surface area contributed by atoms with E-state index in [0.717, 1.165) is 37.9 Å². The molecule has 0 amide bonds. The summed E-state index contributed by atoms with van der Waals surface area (Å²) in [4.78, 5) is 14.7. The van der Waals surface area contributed by atoms with E-state index in [4.69, 9.17) is 28.2 Å². The molecule has 0 unspecified atom stereocenters. The average Bonchev–Trinajstić information content (AvgIpc) is 2.51. The van der Waals surface area contributed by atoms with Crippen LogP contribution in [0.15, 0.2) is 33.7 Å². The van der Waals surface area contributed by atoms with E-state index in [-0.39, 0.29) is 5.43 Å². The predicted molar refractivity (Wildman–Crippen MR) is 97.1 cm³/mol. The number of hydrogen-bond donors (Lipinski definition) is 1. The van der Waals surface area contributed by atoms with E-state index in [9.17, 15) is 4.79 Å². The van der Waals surface area contributed by atoms with E-state index in [2.05, 4.69) is 17.5 Å². The Hall–Kier alpha value is -1.04. The Morgan fingerprint density at radius 2 is 2.14 bits per heavy atom. The molecule has 6 heteroatoms. The third-order valence-corrected chi connectivity index (χ3v) is 4.98. The summed E-state index contributed by atoms with van der Waals surface area (Å²) in [5, 5.41) is 1.10. The largest absolute Gasteiger partial charge is 0.464 e. The molecule has 0 N–H and O–H groups in total. The van der Waals surface area contributed by atoms with E-state index in [1.54, 1.807) is 24.5 Å². The first-order valence-corrected chi connectivity index (χ1v) is 8.46. The highest BCUT2D eigenvalue weighted by molar-refractivity contribution is 8.10. The van der Waals surface area contributed by atoms with Gasteiger partial charge in [0.05, 0.1) is 11.6 Å². The molecule has 0 radical (unpaired) electrons. The van der Waals surface area contributed by atoms with Crippen LogP contribution in [0.2, 0.25) is 5.02 Å². The summed E-state index contributed by atoms with van der Waals surface area (Å²) in [6.45, 7) is 1.80. The second-order valence-electron chi connectivity index (χ2n) is 5.65. The Morgan fingerprint density at radius 1 is 1.41 bits per heavy atom. The normalized spacial score (nSPS) is 16.2. The van der Waals surface area contributed by atoms with Gasteiger partial charge in [-0.2, -0.15) is 0 Å². The zero-order valence-corrected chi connectivity index (χ0v) is 14.4. The van der Waals surface area contributed by atoms with Gasteiger partial charge in [0, 0.05) is 23.7 Å². The molecule has 1 aromatic carbocycles. The van der Waals surface area contributed by atoms with Crippen molar-refractivity contribution in [2.45, 2.75) is 19.3 Å². The summed E-state index contributed by atoms with van der Waals surface area (Å²) >= 11 is 15.3. The van der Waals surface area contributed by atoms with Crippen LogP contribution in [0.5, 0.6) is 0 Å². The van der Waals surface area contributed by atoms with Gasteiger partial charge in [-0.1, -0.05) is 23.8 Å². The van der Waals surface area contributed by atoms with Gasteiger partial charge in [0.25, 0.3) is 0 Å². The lowest BCUT2D eigenvalue weighted by molar-refractivity contribution is 0.271. The molecule has 0 aliphatic carbocycles. The fourth-order valence-corrected chi connectivity index (χ4v) is 3.48. The Bertz CT molecular complexity index is 766. The zero-order chi connectivity index (χ0) is 15.7. The average molecular weight is 354 g/mol. The van der Waals surface area contributed by atoms with Crippen molar-refractivity contribution in [3.63, 3.8) is 0 Å². The number of thiocarbonyl (C=S) groups is 1. The molecule has 1 aliphatic rings. The van der Waals surface area contributed by atoms with Gasteiger partial charge in [0.2, 0.25) is 0 Å². The van der Waals surface area contributed by atoms with Gasteiger partial charge in [-0.3, -0.25) is 4.79 Å². The highest BCUT2D eigenvalue weighted by Gasteiger charge is 2.21. The quantitative estimate of drug-likeness (QED) is 0.655. The van der Waals surface area contributed by atoms with E-state index in [1.165, 1.54) is 0 Å². The molecule has 1 aromatic heterocycles. The van der Waals surface area contributed by atoms with Crippen molar-refractivity contribution in [3.05, 3.63) is 45.3 Å². The molecule has 0 saturated carbocycles. The molecule has 2 heterocycles. The van der Waals surface area contributed by atoms with Crippen LogP contribution in [0.3, 0.4) is 0 Å². The number of piperidine rings is 1. The van der Waals surface area contributed by atoms with Gasteiger partial charge < -0.3 is 9.32 Å². The minimum atomic E-state index is 0.0240. The molecule has 0 atom stereocenters. The van der Waals surface area contributed by atoms with Crippen molar-refractivity contribution in [1.29, 1.82) is 0 Å². The SMILES string of the molecule is O=c1c(CC2CCN(C(=S)S)CC2)coc2ccc(Cl)cc12. The van der Waals surface area contributed by atoms with Gasteiger partial charge in [0.15, 0.2) is 5.43 Å². The number of nitrogens with zero attached hydrogens (tertiary/aromatic N) is 1.